The van der Waals surface area contributed by atoms with Gasteiger partial charge in [-0.3, -0.25) is 5.41 Å². The topological polar surface area (TPSA) is 23.9 Å². The van der Waals surface area contributed by atoms with Crippen LogP contribution in [0.1, 0.15) is 50.3 Å². The summed E-state index contributed by atoms with van der Waals surface area (Å²) >= 11 is 0. The molecule has 0 amide bonds. The van der Waals surface area contributed by atoms with Crippen LogP contribution < -0.4 is 0 Å². The Balaban J connectivity index is 1.98. The number of fused-ring (bicyclic) bond motifs is 1. The van der Waals surface area contributed by atoms with E-state index in [0.717, 1.165) is 11.1 Å². The Morgan fingerprint density at radius 1 is 0.704 bits per heavy atom. The van der Waals surface area contributed by atoms with Crippen molar-refractivity contribution in [2.75, 3.05) is 0 Å². The monoisotopic (exact) mass is 351 g/mol. The van der Waals surface area contributed by atoms with Gasteiger partial charge in [0.1, 0.15) is 0 Å². The maximum atomic E-state index is 8.95. The van der Waals surface area contributed by atoms with Gasteiger partial charge < -0.3 is 0 Å². The first-order chi connectivity index (χ1) is 13.0. The van der Waals surface area contributed by atoms with Crippen LogP contribution in [-0.4, -0.2) is 5.71 Å². The molecule has 0 heterocycles. The van der Waals surface area contributed by atoms with Gasteiger partial charge in [0.15, 0.2) is 0 Å². The smallest absolute Gasteiger partial charge is 0.0687 e. The third-order valence-corrected chi connectivity index (χ3v) is 6.17. The molecule has 0 atom stereocenters. The first kappa shape index (κ1) is 17.5. The van der Waals surface area contributed by atoms with Crippen molar-refractivity contribution < 1.29 is 0 Å². The molecule has 0 saturated heterocycles. The fourth-order valence-electron chi connectivity index (χ4n) is 4.29. The van der Waals surface area contributed by atoms with E-state index in [1.54, 1.807) is 0 Å². The van der Waals surface area contributed by atoms with E-state index >= 15 is 0 Å². The fraction of sp³-hybridized carbons (Fsp3) is 0.192. The second kappa shape index (κ2) is 6.66. The van der Waals surface area contributed by atoms with Gasteiger partial charge in [-0.2, -0.15) is 0 Å². The van der Waals surface area contributed by atoms with Crippen molar-refractivity contribution in [1.29, 1.82) is 5.41 Å². The normalized spacial score (nSPS) is 15.1. The summed E-state index contributed by atoms with van der Waals surface area (Å²) in [7, 11) is 0. The largest absolute Gasteiger partial charge is 0.300 e. The summed E-state index contributed by atoms with van der Waals surface area (Å²) in [5.41, 5.74) is 9.43. The number of hydrogen-bond acceptors (Lipinski definition) is 1. The number of hydrogen-bond donors (Lipinski definition) is 1. The molecule has 0 unspecified atom stereocenters. The Bertz CT molecular complexity index is 1090. The standard InChI is InChI=1S/C26H25N/c1-16-17(2)19(4)25(18(16)3)23-14-21-12-8-9-13-22(21)15-24(23)26(27)20-10-6-5-7-11-20/h5-15,25,27H,1-4H3. The third-order valence-electron chi connectivity index (χ3n) is 6.17. The molecule has 27 heavy (non-hydrogen) atoms. The van der Waals surface area contributed by atoms with Crippen LogP contribution >= 0.6 is 0 Å². The van der Waals surface area contributed by atoms with Gasteiger partial charge in [-0.25, -0.2) is 0 Å². The van der Waals surface area contributed by atoms with Gasteiger partial charge in [0.25, 0.3) is 0 Å². The average molecular weight is 351 g/mol. The highest BCUT2D eigenvalue weighted by Gasteiger charge is 2.28. The maximum absolute atomic E-state index is 8.95. The minimum absolute atomic E-state index is 0.258. The quantitative estimate of drug-likeness (QED) is 0.490. The summed E-state index contributed by atoms with van der Waals surface area (Å²) in [6, 6.07) is 23.0. The first-order valence-electron chi connectivity index (χ1n) is 9.51. The SMILES string of the molecule is CC1=C(C)C(c2cc3ccccc3cc2C(=N)c2ccccc2)C(C)=C1C. The lowest BCUT2D eigenvalue weighted by molar-refractivity contribution is 0.934. The Hall–Kier alpha value is -2.93. The van der Waals surface area contributed by atoms with E-state index in [1.165, 1.54) is 38.6 Å². The zero-order chi connectivity index (χ0) is 19.1. The average Bonchev–Trinajstić information content (AvgIpc) is 2.90. The number of benzene rings is 3. The molecule has 0 radical (unpaired) electrons. The van der Waals surface area contributed by atoms with Crippen LogP contribution in [0.15, 0.2) is 89.0 Å². The van der Waals surface area contributed by atoms with Gasteiger partial charge >= 0.3 is 0 Å². The molecule has 134 valence electrons. The Morgan fingerprint density at radius 2 is 1.22 bits per heavy atom. The molecule has 3 aromatic carbocycles. The number of nitrogens with one attached hydrogen (secondary N) is 1. The van der Waals surface area contributed by atoms with Crippen LogP contribution in [0.25, 0.3) is 10.8 Å². The molecule has 0 saturated carbocycles. The van der Waals surface area contributed by atoms with E-state index in [2.05, 4.69) is 64.1 Å². The van der Waals surface area contributed by atoms with Crippen LogP contribution in [0.3, 0.4) is 0 Å². The molecule has 0 spiro atoms. The predicted octanol–water partition coefficient (Wildman–Crippen LogP) is 7.03. The molecule has 0 fully saturated rings. The summed E-state index contributed by atoms with van der Waals surface area (Å²) in [5, 5.41) is 11.4. The predicted molar refractivity (Wildman–Crippen MR) is 116 cm³/mol. The molecular formula is C26H25N. The molecule has 0 aliphatic heterocycles. The Morgan fingerprint density at radius 3 is 1.81 bits per heavy atom. The van der Waals surface area contributed by atoms with E-state index in [0.29, 0.717) is 5.71 Å². The van der Waals surface area contributed by atoms with Gasteiger partial charge in [0.05, 0.1) is 5.71 Å². The lowest BCUT2D eigenvalue weighted by Crippen LogP contribution is -2.10. The second-order valence-corrected chi connectivity index (χ2v) is 7.58. The minimum atomic E-state index is 0.258. The van der Waals surface area contributed by atoms with Crippen LogP contribution in [0.5, 0.6) is 0 Å². The van der Waals surface area contributed by atoms with Gasteiger partial charge in [0, 0.05) is 17.0 Å². The number of allylic oxidation sites excluding steroid dienone is 4. The second-order valence-electron chi connectivity index (χ2n) is 7.58. The van der Waals surface area contributed by atoms with E-state index in [1.807, 2.05) is 30.3 Å². The zero-order valence-corrected chi connectivity index (χ0v) is 16.4. The lowest BCUT2D eigenvalue weighted by atomic mass is 9.82. The molecular weight excluding hydrogens is 326 g/mol. The van der Waals surface area contributed by atoms with Crippen molar-refractivity contribution in [3.63, 3.8) is 0 Å². The molecule has 0 aromatic heterocycles. The molecule has 4 rings (SSSR count). The van der Waals surface area contributed by atoms with E-state index in [9.17, 15) is 0 Å². The fourth-order valence-corrected chi connectivity index (χ4v) is 4.29. The molecule has 0 bridgehead atoms. The highest BCUT2D eigenvalue weighted by Crippen LogP contribution is 2.45. The van der Waals surface area contributed by atoms with Crippen molar-refractivity contribution in [2.24, 2.45) is 0 Å². The molecule has 1 heteroatoms. The molecule has 1 aliphatic carbocycles. The van der Waals surface area contributed by atoms with Crippen LogP contribution in [0.4, 0.5) is 0 Å². The zero-order valence-electron chi connectivity index (χ0n) is 16.4. The van der Waals surface area contributed by atoms with Crippen LogP contribution in [-0.2, 0) is 0 Å². The Kier molecular flexibility index (Phi) is 4.31. The highest BCUT2D eigenvalue weighted by atomic mass is 14.4. The molecule has 1 N–H and O–H groups in total. The molecule has 1 aliphatic rings. The number of rotatable bonds is 3. The molecule has 1 nitrogen and oxygen atoms in total. The summed E-state index contributed by atoms with van der Waals surface area (Å²) < 4.78 is 0. The summed E-state index contributed by atoms with van der Waals surface area (Å²) in [4.78, 5) is 0. The van der Waals surface area contributed by atoms with Crippen molar-refractivity contribution in [3.05, 3.63) is 106 Å². The van der Waals surface area contributed by atoms with Crippen LogP contribution in [0, 0.1) is 5.41 Å². The van der Waals surface area contributed by atoms with Crippen molar-refractivity contribution in [2.45, 2.75) is 33.6 Å². The van der Waals surface area contributed by atoms with E-state index < -0.39 is 0 Å². The third kappa shape index (κ3) is 2.84. The van der Waals surface area contributed by atoms with Gasteiger partial charge in [0.2, 0.25) is 0 Å². The lowest BCUT2D eigenvalue weighted by Gasteiger charge is -2.21. The van der Waals surface area contributed by atoms with E-state index in [-0.39, 0.29) is 5.92 Å². The molecule has 3 aromatic rings. The van der Waals surface area contributed by atoms with Crippen molar-refractivity contribution in [1.82, 2.24) is 0 Å². The van der Waals surface area contributed by atoms with Gasteiger partial charge in [-0.05, 0) is 67.3 Å². The highest BCUT2D eigenvalue weighted by molar-refractivity contribution is 6.13. The Labute approximate surface area is 161 Å². The van der Waals surface area contributed by atoms with Gasteiger partial charge in [-0.1, -0.05) is 65.7 Å². The minimum Gasteiger partial charge on any atom is -0.300 e. The summed E-state index contributed by atoms with van der Waals surface area (Å²) in [5.74, 6) is 0.258. The van der Waals surface area contributed by atoms with E-state index in [4.69, 9.17) is 5.41 Å². The first-order valence-corrected chi connectivity index (χ1v) is 9.51. The summed E-state index contributed by atoms with van der Waals surface area (Å²) in [6.45, 7) is 8.92. The maximum Gasteiger partial charge on any atom is 0.0687 e. The summed E-state index contributed by atoms with van der Waals surface area (Å²) in [6.07, 6.45) is 0. The van der Waals surface area contributed by atoms with Crippen molar-refractivity contribution in [3.8, 4) is 0 Å². The van der Waals surface area contributed by atoms with Crippen molar-refractivity contribution >= 4 is 16.5 Å². The van der Waals surface area contributed by atoms with Crippen LogP contribution in [0.2, 0.25) is 0 Å². The van der Waals surface area contributed by atoms with Gasteiger partial charge in [-0.15, -0.1) is 0 Å².